The molecular formula is C22H31N3O3. The zero-order valence-corrected chi connectivity index (χ0v) is 16.9. The molecule has 0 aromatic carbocycles. The number of pyridine rings is 1. The van der Waals surface area contributed by atoms with Crippen LogP contribution in [0.15, 0.2) is 18.3 Å². The predicted molar refractivity (Wildman–Crippen MR) is 107 cm³/mol. The summed E-state index contributed by atoms with van der Waals surface area (Å²) in [4.78, 5) is 32.7. The Morgan fingerprint density at radius 3 is 2.86 bits per heavy atom. The van der Waals surface area contributed by atoms with Crippen LogP contribution in [0.5, 0.6) is 0 Å². The molecule has 4 rings (SSSR count). The molecule has 3 fully saturated rings. The van der Waals surface area contributed by atoms with Crippen LogP contribution in [0.2, 0.25) is 0 Å². The van der Waals surface area contributed by atoms with Crippen LogP contribution < -0.4 is 4.90 Å². The standard InChI is InChI=1S/C22H31N3O3/c1-14(2)6-7-20-16-10-15(19-4-3-5-21(26)25(19)20)12-24(13-16)17-8-9-23-18(11-17)22(27)28/h8-9,11,14-16,19-20H,3-7,10,12-13H2,1-2H3,(H,27,28)/t15-,16+,19+,20+/m1/s1. The van der Waals surface area contributed by atoms with Gasteiger partial charge in [-0.3, -0.25) is 4.79 Å². The zero-order chi connectivity index (χ0) is 19.8. The Hall–Kier alpha value is -2.11. The molecule has 3 aliphatic rings. The lowest BCUT2D eigenvalue weighted by atomic mass is 9.70. The zero-order valence-electron chi connectivity index (χ0n) is 16.9. The molecule has 4 atom stereocenters. The third-order valence-electron chi connectivity index (χ3n) is 6.86. The van der Waals surface area contributed by atoms with E-state index in [1.54, 1.807) is 12.3 Å². The maximum Gasteiger partial charge on any atom is 0.354 e. The highest BCUT2D eigenvalue weighted by atomic mass is 16.4. The Kier molecular flexibility index (Phi) is 5.30. The molecule has 152 valence electrons. The lowest BCUT2D eigenvalue weighted by molar-refractivity contribution is -0.149. The van der Waals surface area contributed by atoms with E-state index >= 15 is 0 Å². The van der Waals surface area contributed by atoms with E-state index in [0.29, 0.717) is 42.2 Å². The number of aromatic nitrogens is 1. The number of carbonyl (C=O) groups is 2. The van der Waals surface area contributed by atoms with Gasteiger partial charge in [0.05, 0.1) is 0 Å². The molecule has 0 spiro atoms. The molecule has 0 saturated carbocycles. The summed E-state index contributed by atoms with van der Waals surface area (Å²) in [5.74, 6) is 0.925. The number of carbonyl (C=O) groups excluding carboxylic acids is 1. The fourth-order valence-electron chi connectivity index (χ4n) is 5.60. The molecule has 3 saturated heterocycles. The minimum absolute atomic E-state index is 0.0964. The van der Waals surface area contributed by atoms with E-state index in [2.05, 4.69) is 28.6 Å². The topological polar surface area (TPSA) is 73.7 Å². The van der Waals surface area contributed by atoms with Gasteiger partial charge in [-0.2, -0.15) is 0 Å². The summed E-state index contributed by atoms with van der Waals surface area (Å²) in [5, 5.41) is 9.29. The molecule has 6 heteroatoms. The largest absolute Gasteiger partial charge is 0.477 e. The van der Waals surface area contributed by atoms with Gasteiger partial charge in [0.2, 0.25) is 5.91 Å². The van der Waals surface area contributed by atoms with Gasteiger partial charge in [0.15, 0.2) is 0 Å². The van der Waals surface area contributed by atoms with Gasteiger partial charge in [-0.1, -0.05) is 13.8 Å². The quantitative estimate of drug-likeness (QED) is 0.841. The van der Waals surface area contributed by atoms with E-state index in [1.165, 1.54) is 6.42 Å². The van der Waals surface area contributed by atoms with E-state index in [9.17, 15) is 14.7 Å². The van der Waals surface area contributed by atoms with Crippen molar-refractivity contribution in [3.8, 4) is 0 Å². The van der Waals surface area contributed by atoms with Crippen LogP contribution >= 0.6 is 0 Å². The first-order chi connectivity index (χ1) is 13.4. The summed E-state index contributed by atoms with van der Waals surface area (Å²) in [6.45, 7) is 6.28. The molecule has 2 bridgehead atoms. The minimum atomic E-state index is -0.988. The molecule has 4 heterocycles. The first kappa shape index (κ1) is 19.2. The summed E-state index contributed by atoms with van der Waals surface area (Å²) in [5.41, 5.74) is 1.04. The molecular weight excluding hydrogens is 354 g/mol. The lowest BCUT2D eigenvalue weighted by Crippen LogP contribution is -2.65. The van der Waals surface area contributed by atoms with Gasteiger partial charge in [-0.25, -0.2) is 9.78 Å². The normalized spacial score (nSPS) is 29.8. The fourth-order valence-corrected chi connectivity index (χ4v) is 5.60. The Bertz CT molecular complexity index is 750. The first-order valence-electron chi connectivity index (χ1n) is 10.7. The highest BCUT2D eigenvalue weighted by molar-refractivity contribution is 5.86. The number of fused-ring (bicyclic) bond motifs is 4. The van der Waals surface area contributed by atoms with Crippen molar-refractivity contribution in [1.29, 1.82) is 0 Å². The minimum Gasteiger partial charge on any atom is -0.477 e. The summed E-state index contributed by atoms with van der Waals surface area (Å²) in [7, 11) is 0. The van der Waals surface area contributed by atoms with Crippen molar-refractivity contribution < 1.29 is 14.7 Å². The second-order valence-corrected chi connectivity index (χ2v) is 9.16. The van der Waals surface area contributed by atoms with E-state index in [1.807, 2.05) is 6.07 Å². The Morgan fingerprint density at radius 1 is 1.32 bits per heavy atom. The van der Waals surface area contributed by atoms with Gasteiger partial charge in [0.25, 0.3) is 0 Å². The fraction of sp³-hybridized carbons (Fsp3) is 0.682. The van der Waals surface area contributed by atoms with Gasteiger partial charge < -0.3 is 14.9 Å². The monoisotopic (exact) mass is 385 g/mol. The highest BCUT2D eigenvalue weighted by Crippen LogP contribution is 2.44. The van der Waals surface area contributed by atoms with Gasteiger partial charge >= 0.3 is 5.97 Å². The van der Waals surface area contributed by atoms with Crippen LogP contribution in [0.1, 0.15) is 62.9 Å². The van der Waals surface area contributed by atoms with Crippen LogP contribution in [-0.4, -0.2) is 52.0 Å². The van der Waals surface area contributed by atoms with E-state index in [4.69, 9.17) is 0 Å². The molecule has 1 aromatic heterocycles. The van der Waals surface area contributed by atoms with Crippen LogP contribution in [0.4, 0.5) is 5.69 Å². The van der Waals surface area contributed by atoms with Crippen molar-refractivity contribution in [1.82, 2.24) is 9.88 Å². The predicted octanol–water partition coefficient (Wildman–Crippen LogP) is 3.42. The number of amides is 1. The van der Waals surface area contributed by atoms with Crippen molar-refractivity contribution in [3.63, 3.8) is 0 Å². The van der Waals surface area contributed by atoms with Crippen LogP contribution in [0.3, 0.4) is 0 Å². The average Bonchev–Trinajstić information content (AvgIpc) is 2.68. The van der Waals surface area contributed by atoms with E-state index in [-0.39, 0.29) is 5.69 Å². The number of carboxylic acids is 1. The third kappa shape index (κ3) is 3.61. The Morgan fingerprint density at radius 2 is 2.11 bits per heavy atom. The van der Waals surface area contributed by atoms with Crippen molar-refractivity contribution in [3.05, 3.63) is 24.0 Å². The molecule has 1 aromatic rings. The van der Waals surface area contributed by atoms with Gasteiger partial charge in [-0.05, 0) is 62.0 Å². The number of anilines is 1. The van der Waals surface area contributed by atoms with Gasteiger partial charge in [-0.15, -0.1) is 0 Å². The van der Waals surface area contributed by atoms with Crippen LogP contribution in [0, 0.1) is 17.8 Å². The molecule has 0 unspecified atom stereocenters. The number of carboxylic acid groups (broad SMARTS) is 1. The molecule has 1 amide bonds. The first-order valence-corrected chi connectivity index (χ1v) is 10.7. The molecule has 1 N–H and O–H groups in total. The van der Waals surface area contributed by atoms with Crippen LogP contribution in [0.25, 0.3) is 0 Å². The molecule has 0 radical (unpaired) electrons. The summed E-state index contributed by atoms with van der Waals surface area (Å²) >= 11 is 0. The van der Waals surface area contributed by atoms with Crippen molar-refractivity contribution in [2.75, 3.05) is 18.0 Å². The molecule has 3 aliphatic heterocycles. The number of rotatable bonds is 5. The smallest absolute Gasteiger partial charge is 0.354 e. The van der Waals surface area contributed by atoms with Gasteiger partial charge in [0.1, 0.15) is 5.69 Å². The lowest BCUT2D eigenvalue weighted by Gasteiger charge is -2.57. The summed E-state index contributed by atoms with van der Waals surface area (Å²) < 4.78 is 0. The van der Waals surface area contributed by atoms with Crippen molar-refractivity contribution >= 4 is 17.6 Å². The maximum atomic E-state index is 12.8. The molecule has 6 nitrogen and oxygen atoms in total. The molecule has 0 aliphatic carbocycles. The molecule has 28 heavy (non-hydrogen) atoms. The SMILES string of the molecule is CC(C)CC[C@H]1[C@H]2C[C@H](CN(c3ccnc(C(=O)O)c3)C2)[C@@H]2CCCC(=O)N21. The highest BCUT2D eigenvalue weighted by Gasteiger charge is 2.49. The number of hydrogen-bond acceptors (Lipinski definition) is 4. The summed E-state index contributed by atoms with van der Waals surface area (Å²) in [6.07, 6.45) is 7.79. The van der Waals surface area contributed by atoms with E-state index < -0.39 is 5.97 Å². The van der Waals surface area contributed by atoms with Gasteiger partial charge in [0, 0.05) is 43.5 Å². The van der Waals surface area contributed by atoms with E-state index in [0.717, 1.165) is 44.5 Å². The number of aromatic carboxylic acids is 1. The Balaban J connectivity index is 1.61. The average molecular weight is 386 g/mol. The number of nitrogens with zero attached hydrogens (tertiary/aromatic N) is 3. The number of piperidine rings is 3. The second kappa shape index (κ2) is 7.72. The maximum absolute atomic E-state index is 12.8. The van der Waals surface area contributed by atoms with Crippen molar-refractivity contribution in [2.45, 2.75) is 64.5 Å². The summed E-state index contributed by atoms with van der Waals surface area (Å²) in [6, 6.07) is 4.27. The van der Waals surface area contributed by atoms with Crippen LogP contribution in [-0.2, 0) is 4.79 Å². The number of hydrogen-bond donors (Lipinski definition) is 1. The van der Waals surface area contributed by atoms with Crippen molar-refractivity contribution in [2.24, 2.45) is 17.8 Å². The second-order valence-electron chi connectivity index (χ2n) is 9.16. The Labute approximate surface area is 166 Å². The third-order valence-corrected chi connectivity index (χ3v) is 6.86.